The number of aromatic nitrogens is 1. The summed E-state index contributed by atoms with van der Waals surface area (Å²) >= 11 is 0. The highest BCUT2D eigenvalue weighted by molar-refractivity contribution is 5.91. The summed E-state index contributed by atoms with van der Waals surface area (Å²) in [5.74, 6) is 0.211. The van der Waals surface area contributed by atoms with Crippen LogP contribution in [0.2, 0.25) is 0 Å². The zero-order chi connectivity index (χ0) is 16.8. The lowest BCUT2D eigenvalue weighted by molar-refractivity contribution is -0.384. The number of urea groups is 1. The molecular weight excluding hydrogens is 300 g/mol. The zero-order valence-corrected chi connectivity index (χ0v) is 12.6. The number of nitrogens with one attached hydrogen (secondary N) is 2. The Balaban J connectivity index is 2.07. The van der Waals surface area contributed by atoms with E-state index in [-0.39, 0.29) is 17.5 Å². The van der Waals surface area contributed by atoms with Crippen molar-refractivity contribution in [3.63, 3.8) is 0 Å². The Morgan fingerprint density at radius 3 is 2.78 bits per heavy atom. The number of methoxy groups -OCH3 is 1. The number of amides is 2. The minimum absolute atomic E-state index is 0.114. The third kappa shape index (κ3) is 4.16. The molecule has 0 bridgehead atoms. The van der Waals surface area contributed by atoms with E-state index >= 15 is 0 Å². The molecule has 0 fully saturated rings. The Morgan fingerprint density at radius 1 is 1.39 bits per heavy atom. The fourth-order valence-electron chi connectivity index (χ4n) is 1.97. The van der Waals surface area contributed by atoms with Gasteiger partial charge in [0.05, 0.1) is 29.8 Å². The number of carbonyl (C=O) groups excluding carboxylic acids is 1. The topological polar surface area (TPSA) is 106 Å². The molecule has 2 aromatic rings. The summed E-state index contributed by atoms with van der Waals surface area (Å²) in [7, 11) is 1.38. The quantitative estimate of drug-likeness (QED) is 0.651. The van der Waals surface area contributed by atoms with Gasteiger partial charge in [0, 0.05) is 18.5 Å². The Labute approximate surface area is 132 Å². The summed E-state index contributed by atoms with van der Waals surface area (Å²) in [6, 6.07) is 6.91. The Hall–Kier alpha value is -3.16. The van der Waals surface area contributed by atoms with Gasteiger partial charge in [0.2, 0.25) is 0 Å². The van der Waals surface area contributed by atoms with Gasteiger partial charge in [-0.1, -0.05) is 6.07 Å². The van der Waals surface area contributed by atoms with E-state index in [1.807, 2.05) is 13.0 Å². The molecule has 8 nitrogen and oxygen atoms in total. The lowest BCUT2D eigenvalue weighted by Gasteiger charge is -2.15. The largest absolute Gasteiger partial charge is 0.494 e. The molecule has 2 N–H and O–H groups in total. The van der Waals surface area contributed by atoms with Gasteiger partial charge in [0.1, 0.15) is 5.75 Å². The van der Waals surface area contributed by atoms with Crippen LogP contribution in [0.25, 0.3) is 0 Å². The number of hydrogen-bond acceptors (Lipinski definition) is 5. The molecule has 2 rings (SSSR count). The highest BCUT2D eigenvalue weighted by Crippen LogP contribution is 2.29. The fraction of sp³-hybridized carbons (Fsp3) is 0.200. The summed E-state index contributed by atoms with van der Waals surface area (Å²) in [4.78, 5) is 26.3. The molecule has 1 aromatic heterocycles. The first-order chi connectivity index (χ1) is 11.0. The molecule has 1 aromatic carbocycles. The lowest BCUT2D eigenvalue weighted by atomic mass is 10.1. The first-order valence-corrected chi connectivity index (χ1v) is 6.81. The van der Waals surface area contributed by atoms with Crippen LogP contribution in [0.4, 0.5) is 16.2 Å². The first kappa shape index (κ1) is 16.2. The average molecular weight is 316 g/mol. The van der Waals surface area contributed by atoms with Crippen LogP contribution in [-0.4, -0.2) is 23.0 Å². The van der Waals surface area contributed by atoms with Crippen molar-refractivity contribution in [3.05, 3.63) is 58.4 Å². The van der Waals surface area contributed by atoms with Crippen LogP contribution in [0.3, 0.4) is 0 Å². The van der Waals surface area contributed by atoms with Gasteiger partial charge in [-0.2, -0.15) is 0 Å². The number of pyridine rings is 1. The van der Waals surface area contributed by atoms with Crippen LogP contribution >= 0.6 is 0 Å². The monoisotopic (exact) mass is 316 g/mol. The van der Waals surface area contributed by atoms with E-state index in [9.17, 15) is 14.9 Å². The minimum atomic E-state index is -0.531. The molecule has 120 valence electrons. The Kier molecular flexibility index (Phi) is 5.08. The van der Waals surface area contributed by atoms with Crippen molar-refractivity contribution in [1.82, 2.24) is 10.3 Å². The number of benzene rings is 1. The number of non-ortho nitro benzene ring substituents is 1. The second kappa shape index (κ2) is 7.21. The fourth-order valence-corrected chi connectivity index (χ4v) is 1.97. The molecule has 1 atom stereocenters. The molecule has 0 aliphatic heterocycles. The van der Waals surface area contributed by atoms with Gasteiger partial charge >= 0.3 is 6.03 Å². The van der Waals surface area contributed by atoms with Crippen LogP contribution in [-0.2, 0) is 0 Å². The minimum Gasteiger partial charge on any atom is -0.494 e. The van der Waals surface area contributed by atoms with E-state index in [1.54, 1.807) is 18.5 Å². The summed E-state index contributed by atoms with van der Waals surface area (Å²) < 4.78 is 5.07. The van der Waals surface area contributed by atoms with E-state index in [0.29, 0.717) is 5.69 Å². The number of carbonyl (C=O) groups is 1. The predicted octanol–water partition coefficient (Wildman–Crippen LogP) is 2.88. The Bertz CT molecular complexity index is 706. The summed E-state index contributed by atoms with van der Waals surface area (Å²) in [6.07, 6.45) is 3.31. The third-order valence-corrected chi connectivity index (χ3v) is 3.18. The molecule has 0 aliphatic carbocycles. The molecule has 0 saturated carbocycles. The van der Waals surface area contributed by atoms with Gasteiger partial charge in [0.15, 0.2) is 0 Å². The van der Waals surface area contributed by atoms with Crippen molar-refractivity contribution in [1.29, 1.82) is 0 Å². The highest BCUT2D eigenvalue weighted by Gasteiger charge is 2.15. The standard InChI is InChI=1S/C15H16N4O4/c1-10(11-4-3-7-16-9-11)17-15(20)18-13-6-5-12(19(21)22)8-14(13)23-2/h3-10H,1-2H3,(H2,17,18,20). The maximum Gasteiger partial charge on any atom is 0.319 e. The van der Waals surface area contributed by atoms with Gasteiger partial charge in [-0.15, -0.1) is 0 Å². The van der Waals surface area contributed by atoms with Crippen LogP contribution < -0.4 is 15.4 Å². The second-order valence-corrected chi connectivity index (χ2v) is 4.75. The highest BCUT2D eigenvalue weighted by atomic mass is 16.6. The number of nitro benzene ring substituents is 1. The first-order valence-electron chi connectivity index (χ1n) is 6.81. The van der Waals surface area contributed by atoms with Crippen molar-refractivity contribution in [2.45, 2.75) is 13.0 Å². The second-order valence-electron chi connectivity index (χ2n) is 4.75. The molecule has 1 heterocycles. The van der Waals surface area contributed by atoms with Gasteiger partial charge in [-0.05, 0) is 24.6 Å². The number of anilines is 1. The zero-order valence-electron chi connectivity index (χ0n) is 12.6. The van der Waals surface area contributed by atoms with E-state index in [1.165, 1.54) is 25.3 Å². The maximum absolute atomic E-state index is 12.1. The molecule has 0 saturated heterocycles. The normalized spacial score (nSPS) is 11.4. The maximum atomic E-state index is 12.1. The number of nitro groups is 1. The summed E-state index contributed by atoms with van der Waals surface area (Å²) in [6.45, 7) is 1.82. The van der Waals surface area contributed by atoms with Crippen LogP contribution in [0.15, 0.2) is 42.7 Å². The van der Waals surface area contributed by atoms with Crippen molar-refractivity contribution < 1.29 is 14.5 Å². The number of ether oxygens (including phenoxy) is 1. The number of hydrogen-bond donors (Lipinski definition) is 2. The van der Waals surface area contributed by atoms with Crippen LogP contribution in [0.5, 0.6) is 5.75 Å². The predicted molar refractivity (Wildman–Crippen MR) is 84.5 cm³/mol. The molecule has 0 radical (unpaired) electrons. The van der Waals surface area contributed by atoms with Gasteiger partial charge in [-0.3, -0.25) is 15.1 Å². The molecule has 1 unspecified atom stereocenters. The van der Waals surface area contributed by atoms with Gasteiger partial charge in [-0.25, -0.2) is 4.79 Å². The smallest absolute Gasteiger partial charge is 0.319 e. The van der Waals surface area contributed by atoms with Crippen LogP contribution in [0, 0.1) is 10.1 Å². The van der Waals surface area contributed by atoms with Crippen molar-refractivity contribution in [3.8, 4) is 5.75 Å². The SMILES string of the molecule is COc1cc([N+](=O)[O-])ccc1NC(=O)NC(C)c1cccnc1. The lowest BCUT2D eigenvalue weighted by Crippen LogP contribution is -2.31. The van der Waals surface area contributed by atoms with Gasteiger partial charge < -0.3 is 15.4 Å². The van der Waals surface area contributed by atoms with E-state index < -0.39 is 11.0 Å². The van der Waals surface area contributed by atoms with E-state index in [0.717, 1.165) is 5.56 Å². The molecular formula is C15H16N4O4. The molecule has 0 aliphatic rings. The number of nitrogens with zero attached hydrogens (tertiary/aromatic N) is 2. The molecule has 23 heavy (non-hydrogen) atoms. The average Bonchev–Trinajstić information content (AvgIpc) is 2.55. The molecule has 0 spiro atoms. The van der Waals surface area contributed by atoms with E-state index in [2.05, 4.69) is 15.6 Å². The van der Waals surface area contributed by atoms with Crippen molar-refractivity contribution >= 4 is 17.4 Å². The number of rotatable bonds is 5. The third-order valence-electron chi connectivity index (χ3n) is 3.18. The van der Waals surface area contributed by atoms with Gasteiger partial charge in [0.25, 0.3) is 5.69 Å². The Morgan fingerprint density at radius 2 is 2.17 bits per heavy atom. The summed E-state index contributed by atoms with van der Waals surface area (Å²) in [5, 5.41) is 16.1. The molecule has 8 heteroatoms. The summed E-state index contributed by atoms with van der Waals surface area (Å²) in [5.41, 5.74) is 1.09. The molecule has 2 amide bonds. The van der Waals surface area contributed by atoms with E-state index in [4.69, 9.17) is 4.74 Å². The van der Waals surface area contributed by atoms with Crippen molar-refractivity contribution in [2.75, 3.05) is 12.4 Å². The van der Waals surface area contributed by atoms with Crippen LogP contribution in [0.1, 0.15) is 18.5 Å². The van der Waals surface area contributed by atoms with Crippen molar-refractivity contribution in [2.24, 2.45) is 0 Å².